The quantitative estimate of drug-likeness (QED) is 0.373. The van der Waals surface area contributed by atoms with E-state index in [9.17, 15) is 19.5 Å². The molecule has 1 aromatic carbocycles. The third kappa shape index (κ3) is 7.41. The molecule has 2 heterocycles. The number of aromatic nitrogens is 1. The second-order valence-electron chi connectivity index (χ2n) is 11.0. The molecule has 0 bridgehead atoms. The number of carbonyl (C=O) groups excluding carboxylic acids is 3. The molecule has 38 heavy (non-hydrogen) atoms. The number of pyridine rings is 1. The SMILES string of the molecule is CC(NC(=O)C(NC(=O)C(C)(C)COc1cc2cc(C(C)O)ccc2cn1)C(C)C)C(=O)N1CCCCN1. The van der Waals surface area contributed by atoms with Crippen LogP contribution >= 0.6 is 0 Å². The molecule has 0 aliphatic carbocycles. The van der Waals surface area contributed by atoms with Gasteiger partial charge in [-0.15, -0.1) is 0 Å². The molecule has 0 saturated carbocycles. The summed E-state index contributed by atoms with van der Waals surface area (Å²) >= 11 is 0. The molecule has 10 heteroatoms. The maximum Gasteiger partial charge on any atom is 0.258 e. The zero-order valence-corrected chi connectivity index (χ0v) is 23.2. The van der Waals surface area contributed by atoms with Gasteiger partial charge < -0.3 is 20.5 Å². The average molecular weight is 528 g/mol. The van der Waals surface area contributed by atoms with Crippen LogP contribution < -0.4 is 20.8 Å². The van der Waals surface area contributed by atoms with Gasteiger partial charge in [0.1, 0.15) is 18.7 Å². The molecule has 1 aromatic heterocycles. The Morgan fingerprint density at radius 3 is 2.47 bits per heavy atom. The van der Waals surface area contributed by atoms with E-state index in [-0.39, 0.29) is 24.3 Å². The van der Waals surface area contributed by atoms with Gasteiger partial charge in [0.05, 0.1) is 11.5 Å². The summed E-state index contributed by atoms with van der Waals surface area (Å²) in [5.74, 6) is -0.799. The van der Waals surface area contributed by atoms with Crippen LogP contribution in [0.4, 0.5) is 0 Å². The smallest absolute Gasteiger partial charge is 0.258 e. The number of fused-ring (bicyclic) bond motifs is 1. The molecular formula is C28H41N5O5. The lowest BCUT2D eigenvalue weighted by Crippen LogP contribution is -2.59. The lowest BCUT2D eigenvalue weighted by molar-refractivity contribution is -0.141. The molecular weight excluding hydrogens is 486 g/mol. The summed E-state index contributed by atoms with van der Waals surface area (Å²) in [6, 6.07) is 5.85. The minimum atomic E-state index is -0.968. The number of aliphatic hydroxyl groups excluding tert-OH is 1. The number of hydrazine groups is 1. The first-order valence-corrected chi connectivity index (χ1v) is 13.3. The number of aliphatic hydroxyl groups is 1. The largest absolute Gasteiger partial charge is 0.477 e. The van der Waals surface area contributed by atoms with Crippen LogP contribution in [0.2, 0.25) is 0 Å². The maximum absolute atomic E-state index is 13.2. The first-order chi connectivity index (χ1) is 17.9. The first-order valence-electron chi connectivity index (χ1n) is 13.3. The Morgan fingerprint density at radius 1 is 1.11 bits per heavy atom. The van der Waals surface area contributed by atoms with Crippen LogP contribution in [0, 0.1) is 11.3 Å². The van der Waals surface area contributed by atoms with Crippen LogP contribution in [-0.4, -0.2) is 64.6 Å². The Hall–Kier alpha value is -3.24. The van der Waals surface area contributed by atoms with Crippen molar-refractivity contribution in [1.82, 2.24) is 26.1 Å². The molecule has 3 unspecified atom stereocenters. The van der Waals surface area contributed by atoms with Crippen molar-refractivity contribution in [3.63, 3.8) is 0 Å². The molecule has 208 valence electrons. The Labute approximate surface area is 224 Å². The molecule has 3 amide bonds. The van der Waals surface area contributed by atoms with E-state index in [0.717, 1.165) is 35.7 Å². The molecule has 0 spiro atoms. The predicted molar refractivity (Wildman–Crippen MR) is 145 cm³/mol. The first kappa shape index (κ1) is 29.3. The molecule has 1 aliphatic heterocycles. The van der Waals surface area contributed by atoms with Gasteiger partial charge in [-0.05, 0) is 63.5 Å². The Balaban J connectivity index is 1.61. The van der Waals surface area contributed by atoms with Gasteiger partial charge in [0.15, 0.2) is 0 Å². The van der Waals surface area contributed by atoms with E-state index in [1.54, 1.807) is 45.0 Å². The molecule has 3 rings (SSSR count). The number of hydrogen-bond acceptors (Lipinski definition) is 7. The summed E-state index contributed by atoms with van der Waals surface area (Å²) in [4.78, 5) is 43.3. The fraction of sp³-hybridized carbons (Fsp3) is 0.571. The van der Waals surface area contributed by atoms with E-state index in [1.165, 1.54) is 0 Å². The number of carbonyl (C=O) groups is 3. The Bertz CT molecular complexity index is 1140. The summed E-state index contributed by atoms with van der Waals surface area (Å²) in [5, 5.41) is 18.8. The minimum Gasteiger partial charge on any atom is -0.477 e. The number of nitrogens with zero attached hydrogens (tertiary/aromatic N) is 2. The van der Waals surface area contributed by atoms with E-state index >= 15 is 0 Å². The number of rotatable bonds is 10. The van der Waals surface area contributed by atoms with Crippen molar-refractivity contribution >= 4 is 28.5 Å². The summed E-state index contributed by atoms with van der Waals surface area (Å²) in [5.41, 5.74) is 2.87. The van der Waals surface area contributed by atoms with Crippen molar-refractivity contribution in [2.45, 2.75) is 72.6 Å². The predicted octanol–water partition coefficient (Wildman–Crippen LogP) is 2.47. The summed E-state index contributed by atoms with van der Waals surface area (Å²) < 4.78 is 5.87. The lowest BCUT2D eigenvalue weighted by atomic mass is 9.92. The molecule has 3 atom stereocenters. The summed E-state index contributed by atoms with van der Waals surface area (Å²) in [6.07, 6.45) is 3.02. The van der Waals surface area contributed by atoms with Crippen molar-refractivity contribution in [1.29, 1.82) is 0 Å². The minimum absolute atomic E-state index is 0.0371. The number of nitrogens with one attached hydrogen (secondary N) is 3. The molecule has 10 nitrogen and oxygen atoms in total. The van der Waals surface area contributed by atoms with Gasteiger partial charge in [-0.2, -0.15) is 0 Å². The van der Waals surface area contributed by atoms with E-state index in [1.807, 2.05) is 32.0 Å². The normalized spacial score (nSPS) is 16.6. The highest BCUT2D eigenvalue weighted by molar-refractivity contribution is 5.93. The van der Waals surface area contributed by atoms with E-state index < -0.39 is 29.5 Å². The van der Waals surface area contributed by atoms with Crippen LogP contribution in [0.3, 0.4) is 0 Å². The van der Waals surface area contributed by atoms with Gasteiger partial charge in [0, 0.05) is 30.7 Å². The third-order valence-electron chi connectivity index (χ3n) is 6.74. The van der Waals surface area contributed by atoms with E-state index in [0.29, 0.717) is 12.4 Å². The zero-order valence-electron chi connectivity index (χ0n) is 23.2. The van der Waals surface area contributed by atoms with Crippen molar-refractivity contribution in [3.8, 4) is 5.88 Å². The van der Waals surface area contributed by atoms with Crippen molar-refractivity contribution in [2.75, 3.05) is 19.7 Å². The van der Waals surface area contributed by atoms with Crippen LogP contribution in [-0.2, 0) is 14.4 Å². The second kappa shape index (κ2) is 12.5. The highest BCUT2D eigenvalue weighted by atomic mass is 16.5. The van der Waals surface area contributed by atoms with Gasteiger partial charge in [-0.3, -0.25) is 19.4 Å². The Morgan fingerprint density at radius 2 is 1.84 bits per heavy atom. The van der Waals surface area contributed by atoms with Crippen LogP contribution in [0.25, 0.3) is 10.8 Å². The fourth-order valence-corrected chi connectivity index (χ4v) is 4.14. The van der Waals surface area contributed by atoms with Crippen molar-refractivity contribution in [3.05, 3.63) is 36.0 Å². The number of ether oxygens (including phenoxy) is 1. The second-order valence-corrected chi connectivity index (χ2v) is 11.0. The van der Waals surface area contributed by atoms with E-state index in [4.69, 9.17) is 4.74 Å². The van der Waals surface area contributed by atoms with Gasteiger partial charge >= 0.3 is 0 Å². The summed E-state index contributed by atoms with van der Waals surface area (Å²) in [7, 11) is 0. The Kier molecular flexibility index (Phi) is 9.67. The monoisotopic (exact) mass is 527 g/mol. The molecule has 1 fully saturated rings. The highest BCUT2D eigenvalue weighted by Crippen LogP contribution is 2.24. The third-order valence-corrected chi connectivity index (χ3v) is 6.74. The standard InChI is InChI=1S/C28H41N5O5/c1-17(2)24(25(35)31-18(3)26(36)33-12-8-7-11-30-33)32-27(37)28(5,6)16-38-23-14-22-13-20(19(4)34)9-10-21(22)15-29-23/h9-10,13-15,17-19,24,30,34H,7-8,11-12,16H2,1-6H3,(H,31,35)(H,32,37). The highest BCUT2D eigenvalue weighted by Gasteiger charge is 2.35. The van der Waals surface area contributed by atoms with Crippen LogP contribution in [0.1, 0.15) is 66.1 Å². The molecule has 0 radical (unpaired) electrons. The van der Waals surface area contributed by atoms with Crippen LogP contribution in [0.5, 0.6) is 5.88 Å². The zero-order chi connectivity index (χ0) is 28.0. The summed E-state index contributed by atoms with van der Waals surface area (Å²) in [6.45, 7) is 11.9. The van der Waals surface area contributed by atoms with E-state index in [2.05, 4.69) is 21.0 Å². The van der Waals surface area contributed by atoms with Crippen LogP contribution in [0.15, 0.2) is 30.5 Å². The number of benzene rings is 1. The van der Waals surface area contributed by atoms with Gasteiger partial charge in [-0.25, -0.2) is 10.4 Å². The molecule has 1 saturated heterocycles. The van der Waals surface area contributed by atoms with Gasteiger partial charge in [-0.1, -0.05) is 26.0 Å². The topological polar surface area (TPSA) is 133 Å². The van der Waals surface area contributed by atoms with Crippen molar-refractivity contribution in [2.24, 2.45) is 11.3 Å². The number of hydrogen-bond donors (Lipinski definition) is 4. The number of amides is 3. The van der Waals surface area contributed by atoms with Crippen molar-refractivity contribution < 1.29 is 24.2 Å². The fourth-order valence-electron chi connectivity index (χ4n) is 4.14. The van der Waals surface area contributed by atoms with Gasteiger partial charge in [0.25, 0.3) is 5.91 Å². The van der Waals surface area contributed by atoms with Gasteiger partial charge in [0.2, 0.25) is 17.7 Å². The molecule has 2 aromatic rings. The maximum atomic E-state index is 13.2. The molecule has 1 aliphatic rings. The average Bonchev–Trinajstić information content (AvgIpc) is 2.89. The lowest BCUT2D eigenvalue weighted by Gasteiger charge is -2.32. The molecule has 4 N–H and O–H groups in total.